The van der Waals surface area contributed by atoms with Gasteiger partial charge in [-0.1, -0.05) is 6.08 Å². The van der Waals surface area contributed by atoms with E-state index < -0.39 is 5.60 Å². The molecule has 2 rings (SSSR count). The van der Waals surface area contributed by atoms with Crippen LogP contribution in [0.5, 0.6) is 0 Å². The molecule has 0 aromatic heterocycles. The Morgan fingerprint density at radius 2 is 2.24 bits per heavy atom. The average Bonchev–Trinajstić information content (AvgIpc) is 2.99. The third-order valence-corrected chi connectivity index (χ3v) is 2.87. The van der Waals surface area contributed by atoms with Gasteiger partial charge in [-0.25, -0.2) is 4.79 Å². The molecule has 0 radical (unpaired) electrons. The lowest BCUT2D eigenvalue weighted by Crippen LogP contribution is -2.48. The maximum absolute atomic E-state index is 11.9. The Bertz CT molecular complexity index is 331. The fourth-order valence-corrected chi connectivity index (χ4v) is 2.02. The zero-order chi connectivity index (χ0) is 12.5. The Labute approximate surface area is 103 Å². The second-order valence-electron chi connectivity index (χ2n) is 5.84. The number of amides is 1. The molecule has 4 nitrogen and oxygen atoms in total. The summed E-state index contributed by atoms with van der Waals surface area (Å²) in [7, 11) is 0. The van der Waals surface area contributed by atoms with Gasteiger partial charge in [0.25, 0.3) is 0 Å². The largest absolute Gasteiger partial charge is 0.444 e. The van der Waals surface area contributed by atoms with Crippen molar-refractivity contribution < 1.29 is 9.53 Å². The van der Waals surface area contributed by atoms with Gasteiger partial charge in [-0.3, -0.25) is 0 Å². The molecule has 0 spiro atoms. The smallest absolute Gasteiger partial charge is 0.410 e. The molecule has 0 aromatic carbocycles. The molecule has 96 valence electrons. The van der Waals surface area contributed by atoms with E-state index in [2.05, 4.69) is 11.4 Å². The minimum atomic E-state index is -0.406. The Morgan fingerprint density at radius 3 is 2.82 bits per heavy atom. The van der Waals surface area contributed by atoms with E-state index in [0.717, 1.165) is 32.4 Å². The summed E-state index contributed by atoms with van der Waals surface area (Å²) in [6.07, 6.45) is 5.25. The Kier molecular flexibility index (Phi) is 3.31. The third kappa shape index (κ3) is 3.95. The highest BCUT2D eigenvalue weighted by Crippen LogP contribution is 2.20. The van der Waals surface area contributed by atoms with Crippen molar-refractivity contribution in [2.45, 2.75) is 51.7 Å². The molecule has 1 N–H and O–H groups in total. The minimum Gasteiger partial charge on any atom is -0.444 e. The van der Waals surface area contributed by atoms with Crippen LogP contribution in [0.25, 0.3) is 0 Å². The van der Waals surface area contributed by atoms with Crippen LogP contribution in [0.1, 0.15) is 40.0 Å². The van der Waals surface area contributed by atoms with Crippen molar-refractivity contribution in [3.63, 3.8) is 0 Å². The molecule has 0 aromatic rings. The first-order valence-electron chi connectivity index (χ1n) is 6.37. The molecule has 1 aliphatic carbocycles. The van der Waals surface area contributed by atoms with Gasteiger partial charge in [0.2, 0.25) is 0 Å². The van der Waals surface area contributed by atoms with Gasteiger partial charge in [0, 0.05) is 31.2 Å². The molecule has 1 aliphatic heterocycles. The summed E-state index contributed by atoms with van der Waals surface area (Å²) >= 11 is 0. The van der Waals surface area contributed by atoms with Crippen molar-refractivity contribution in [3.8, 4) is 0 Å². The number of likely N-dealkylation sites (tertiary alicyclic amines) is 1. The number of piperidine rings is 1. The van der Waals surface area contributed by atoms with Gasteiger partial charge in [-0.05, 0) is 33.6 Å². The first kappa shape index (κ1) is 12.3. The number of rotatable bonds is 2. The first-order valence-corrected chi connectivity index (χ1v) is 6.37. The summed E-state index contributed by atoms with van der Waals surface area (Å²) in [6.45, 7) is 7.27. The monoisotopic (exact) mass is 238 g/mol. The van der Waals surface area contributed by atoms with E-state index in [1.165, 1.54) is 5.70 Å². The molecule has 4 heteroatoms. The topological polar surface area (TPSA) is 41.6 Å². The molecule has 0 saturated carbocycles. The SMILES string of the molecule is CC(C)(C)OC(=O)N1CCC[C@H](NC2=CC2)C1. The van der Waals surface area contributed by atoms with Crippen molar-refractivity contribution in [3.05, 3.63) is 11.8 Å². The number of carbonyl (C=O) groups excluding carboxylic acids is 1. The zero-order valence-electron chi connectivity index (χ0n) is 11.0. The van der Waals surface area contributed by atoms with Gasteiger partial charge in [-0.2, -0.15) is 0 Å². The Hall–Kier alpha value is -1.19. The fraction of sp³-hybridized carbons (Fsp3) is 0.769. The number of ether oxygens (including phenoxy) is 1. The fourth-order valence-electron chi connectivity index (χ4n) is 2.02. The van der Waals surface area contributed by atoms with E-state index in [0.29, 0.717) is 6.04 Å². The maximum Gasteiger partial charge on any atom is 0.410 e. The van der Waals surface area contributed by atoms with Crippen LogP contribution in [0.3, 0.4) is 0 Å². The van der Waals surface area contributed by atoms with Crippen LogP contribution in [0, 0.1) is 0 Å². The molecule has 2 aliphatic rings. The standard InChI is InChI=1S/C13H22N2O2/c1-13(2,3)17-12(16)15-8-4-5-11(9-15)14-10-6-7-10/h6,11,14H,4-5,7-9H2,1-3H3/t11-/m0/s1. The van der Waals surface area contributed by atoms with E-state index in [-0.39, 0.29) is 6.09 Å². The lowest BCUT2D eigenvalue weighted by molar-refractivity contribution is 0.0191. The quantitative estimate of drug-likeness (QED) is 0.802. The lowest BCUT2D eigenvalue weighted by atomic mass is 10.1. The summed E-state index contributed by atoms with van der Waals surface area (Å²) in [5, 5.41) is 3.45. The van der Waals surface area contributed by atoms with Gasteiger partial charge in [0.1, 0.15) is 5.60 Å². The molecular formula is C13H22N2O2. The van der Waals surface area contributed by atoms with Crippen LogP contribution < -0.4 is 5.32 Å². The average molecular weight is 238 g/mol. The van der Waals surface area contributed by atoms with E-state index in [1.54, 1.807) is 0 Å². The predicted molar refractivity (Wildman–Crippen MR) is 66.7 cm³/mol. The number of nitrogens with one attached hydrogen (secondary N) is 1. The summed E-state index contributed by atoms with van der Waals surface area (Å²) in [5.41, 5.74) is 0.914. The highest BCUT2D eigenvalue weighted by Gasteiger charge is 2.28. The van der Waals surface area contributed by atoms with Gasteiger partial charge < -0.3 is 15.0 Å². The first-order chi connectivity index (χ1) is 7.94. The summed E-state index contributed by atoms with van der Waals surface area (Å²) < 4.78 is 5.39. The van der Waals surface area contributed by atoms with E-state index in [9.17, 15) is 4.79 Å². The van der Waals surface area contributed by atoms with Gasteiger partial charge in [0.05, 0.1) is 0 Å². The predicted octanol–water partition coefficient (Wildman–Crippen LogP) is 2.26. The lowest BCUT2D eigenvalue weighted by Gasteiger charge is -2.34. The molecule has 1 saturated heterocycles. The molecule has 1 atom stereocenters. The van der Waals surface area contributed by atoms with E-state index >= 15 is 0 Å². The highest BCUT2D eigenvalue weighted by molar-refractivity contribution is 5.68. The summed E-state index contributed by atoms with van der Waals surface area (Å²) in [4.78, 5) is 13.7. The minimum absolute atomic E-state index is 0.186. The number of carbonyl (C=O) groups is 1. The summed E-state index contributed by atoms with van der Waals surface area (Å²) in [5.74, 6) is 0. The molecule has 1 heterocycles. The Balaban J connectivity index is 1.83. The van der Waals surface area contributed by atoms with Crippen LogP contribution in [0.4, 0.5) is 4.79 Å². The van der Waals surface area contributed by atoms with Crippen molar-refractivity contribution in [2.75, 3.05) is 13.1 Å². The number of hydrogen-bond acceptors (Lipinski definition) is 3. The molecular weight excluding hydrogens is 216 g/mol. The van der Waals surface area contributed by atoms with E-state index in [1.807, 2.05) is 25.7 Å². The molecule has 1 amide bonds. The summed E-state index contributed by atoms with van der Waals surface area (Å²) in [6, 6.07) is 0.394. The van der Waals surface area contributed by atoms with Crippen LogP contribution in [-0.2, 0) is 4.74 Å². The van der Waals surface area contributed by atoms with Crippen LogP contribution in [0.2, 0.25) is 0 Å². The molecule has 0 unspecified atom stereocenters. The highest BCUT2D eigenvalue weighted by atomic mass is 16.6. The number of hydrogen-bond donors (Lipinski definition) is 1. The third-order valence-electron chi connectivity index (χ3n) is 2.87. The van der Waals surface area contributed by atoms with Gasteiger partial charge >= 0.3 is 6.09 Å². The van der Waals surface area contributed by atoms with Crippen molar-refractivity contribution >= 4 is 6.09 Å². The second kappa shape index (κ2) is 4.59. The molecule has 17 heavy (non-hydrogen) atoms. The van der Waals surface area contributed by atoms with Gasteiger partial charge in [-0.15, -0.1) is 0 Å². The normalized spacial score (nSPS) is 24.1. The Morgan fingerprint density at radius 1 is 1.53 bits per heavy atom. The van der Waals surface area contributed by atoms with Gasteiger partial charge in [0.15, 0.2) is 0 Å². The van der Waals surface area contributed by atoms with Crippen LogP contribution in [0.15, 0.2) is 11.8 Å². The number of allylic oxidation sites excluding steroid dienone is 2. The van der Waals surface area contributed by atoms with Crippen molar-refractivity contribution in [2.24, 2.45) is 0 Å². The molecule has 0 bridgehead atoms. The van der Waals surface area contributed by atoms with E-state index in [4.69, 9.17) is 4.74 Å². The van der Waals surface area contributed by atoms with Crippen molar-refractivity contribution in [1.29, 1.82) is 0 Å². The van der Waals surface area contributed by atoms with Crippen LogP contribution in [-0.4, -0.2) is 35.7 Å². The number of nitrogens with zero attached hydrogens (tertiary/aromatic N) is 1. The zero-order valence-corrected chi connectivity index (χ0v) is 11.0. The van der Waals surface area contributed by atoms with Crippen LogP contribution >= 0.6 is 0 Å². The maximum atomic E-state index is 11.9. The second-order valence-corrected chi connectivity index (χ2v) is 5.84. The molecule has 1 fully saturated rings. The van der Waals surface area contributed by atoms with Crippen molar-refractivity contribution in [1.82, 2.24) is 10.2 Å².